The largest absolute Gasteiger partial charge is 1.00 e. The van der Waals surface area contributed by atoms with Crippen molar-refractivity contribution in [3.63, 3.8) is 0 Å². The molecule has 0 aliphatic heterocycles. The van der Waals surface area contributed by atoms with E-state index in [2.05, 4.69) is 0 Å². The molecule has 0 amide bonds. The zero-order valence-corrected chi connectivity index (χ0v) is 13.0. The van der Waals surface area contributed by atoms with Crippen molar-refractivity contribution >= 4 is 16.9 Å². The molecule has 0 bridgehead atoms. The van der Waals surface area contributed by atoms with Crippen LogP contribution in [-0.2, 0) is 0 Å². The second-order valence-electron chi connectivity index (χ2n) is 4.70. The Morgan fingerprint density at radius 1 is 1.29 bits per heavy atom. The van der Waals surface area contributed by atoms with Crippen LogP contribution in [0.1, 0.15) is 30.7 Å². The molecule has 1 saturated carbocycles. The number of aromatic carboxylic acids is 1. The van der Waals surface area contributed by atoms with Crippen LogP contribution in [0.15, 0.2) is 17.1 Å². The van der Waals surface area contributed by atoms with Gasteiger partial charge >= 0.3 is 35.5 Å². The maximum Gasteiger partial charge on any atom is 1.00 e. The Bertz CT molecular complexity index is 821. The van der Waals surface area contributed by atoms with E-state index in [1.807, 2.05) is 0 Å². The first kappa shape index (κ1) is 16.1. The van der Waals surface area contributed by atoms with Crippen molar-refractivity contribution in [2.24, 2.45) is 0 Å². The van der Waals surface area contributed by atoms with Gasteiger partial charge in [-0.3, -0.25) is 4.79 Å². The number of hydrogen-bond acceptors (Lipinski definition) is 2. The summed E-state index contributed by atoms with van der Waals surface area (Å²) in [6, 6.07) is 0.345. The molecule has 21 heavy (non-hydrogen) atoms. The van der Waals surface area contributed by atoms with Gasteiger partial charge in [0.2, 0.25) is 5.43 Å². The van der Waals surface area contributed by atoms with Crippen molar-refractivity contribution in [2.45, 2.75) is 18.9 Å². The first-order valence-electron chi connectivity index (χ1n) is 5.87. The summed E-state index contributed by atoms with van der Waals surface area (Å²) in [5, 5.41) is 8.51. The van der Waals surface area contributed by atoms with Crippen molar-refractivity contribution in [1.82, 2.24) is 4.57 Å². The van der Waals surface area contributed by atoms with Gasteiger partial charge in [0.1, 0.15) is 5.56 Å². The number of nitrogens with zero attached hydrogens (tertiary/aromatic N) is 1. The normalized spacial score (nSPS) is 14.0. The molecular weight excluding hydrogens is 298 g/mol. The second-order valence-corrected chi connectivity index (χ2v) is 4.70. The van der Waals surface area contributed by atoms with Gasteiger partial charge in [-0.25, -0.2) is 18.0 Å². The topological polar surface area (TPSA) is 59.3 Å². The molecule has 0 saturated heterocycles. The fraction of sp³-hybridized carbons (Fsp3) is 0.231. The molecule has 2 aromatic rings. The van der Waals surface area contributed by atoms with E-state index >= 15 is 0 Å². The maximum atomic E-state index is 13.9. The molecule has 106 valence electrons. The van der Waals surface area contributed by atoms with Gasteiger partial charge in [-0.05, 0) is 18.9 Å². The van der Waals surface area contributed by atoms with Crippen molar-refractivity contribution in [3.05, 3.63) is 45.5 Å². The predicted molar refractivity (Wildman–Crippen MR) is 64.4 cm³/mol. The van der Waals surface area contributed by atoms with Crippen LogP contribution in [-0.4, -0.2) is 15.6 Å². The molecule has 1 fully saturated rings. The van der Waals surface area contributed by atoms with Crippen molar-refractivity contribution in [3.8, 4) is 0 Å². The van der Waals surface area contributed by atoms with E-state index in [9.17, 15) is 22.8 Å². The molecule has 0 unspecified atom stereocenters. The molecule has 0 spiro atoms. The number of benzene rings is 1. The van der Waals surface area contributed by atoms with Crippen LogP contribution >= 0.6 is 0 Å². The number of carbonyl (C=O) groups is 1. The minimum absolute atomic E-state index is 0. The van der Waals surface area contributed by atoms with Gasteiger partial charge in [0.05, 0.1) is 10.9 Å². The smallest absolute Gasteiger partial charge is 1.00 e. The summed E-state index contributed by atoms with van der Waals surface area (Å²) in [4.78, 5) is 23.0. The zero-order valence-electron chi connectivity index (χ0n) is 12.0. The van der Waals surface area contributed by atoms with Gasteiger partial charge in [0, 0.05) is 12.2 Å². The summed E-state index contributed by atoms with van der Waals surface area (Å²) >= 11 is 0. The van der Waals surface area contributed by atoms with Crippen LogP contribution in [0, 0.1) is 17.5 Å². The molecule has 1 N–H and O–H groups in total. The van der Waals surface area contributed by atoms with E-state index < -0.39 is 39.8 Å². The predicted octanol–water partition coefficient (Wildman–Crippen LogP) is -0.432. The SMILES string of the molecule is O=C(O)c1cn(C2CC2)c2c(F)c(F)c(F)cc2c1=O.[H-].[Na+]. The van der Waals surface area contributed by atoms with E-state index in [4.69, 9.17) is 5.11 Å². The first-order valence-corrected chi connectivity index (χ1v) is 5.87. The molecule has 1 aromatic heterocycles. The number of hydrogen-bond donors (Lipinski definition) is 1. The van der Waals surface area contributed by atoms with Crippen LogP contribution in [0.3, 0.4) is 0 Å². The van der Waals surface area contributed by atoms with E-state index in [0.717, 1.165) is 6.20 Å². The van der Waals surface area contributed by atoms with Gasteiger partial charge in [-0.1, -0.05) is 0 Å². The summed E-state index contributed by atoms with van der Waals surface area (Å²) < 4.78 is 41.7. The molecule has 0 radical (unpaired) electrons. The minimum atomic E-state index is -1.67. The van der Waals surface area contributed by atoms with E-state index in [-0.39, 0.29) is 42.5 Å². The average Bonchev–Trinajstić information content (AvgIpc) is 3.21. The van der Waals surface area contributed by atoms with Crippen LogP contribution in [0.25, 0.3) is 10.9 Å². The molecular formula is C13H9F3NNaO3. The van der Waals surface area contributed by atoms with E-state index in [1.54, 1.807) is 0 Å². The van der Waals surface area contributed by atoms with E-state index in [1.165, 1.54) is 4.57 Å². The van der Waals surface area contributed by atoms with Crippen molar-refractivity contribution in [1.29, 1.82) is 0 Å². The average molecular weight is 307 g/mol. The first-order chi connectivity index (χ1) is 9.41. The summed E-state index contributed by atoms with van der Waals surface area (Å²) in [6.07, 6.45) is 2.32. The molecule has 1 heterocycles. The molecule has 3 rings (SSSR count). The van der Waals surface area contributed by atoms with Gasteiger partial charge in [0.25, 0.3) is 0 Å². The Kier molecular flexibility index (Phi) is 4.19. The van der Waals surface area contributed by atoms with Crippen LogP contribution in [0.5, 0.6) is 0 Å². The number of pyridine rings is 1. The number of fused-ring (bicyclic) bond motifs is 1. The zero-order chi connectivity index (χ0) is 14.6. The Balaban J connectivity index is 0.00000121. The summed E-state index contributed by atoms with van der Waals surface area (Å²) in [5.74, 6) is -6.15. The molecule has 0 atom stereocenters. The number of carboxylic acid groups (broad SMARTS) is 1. The van der Waals surface area contributed by atoms with Crippen molar-refractivity contribution < 1.29 is 54.1 Å². The number of halogens is 3. The maximum absolute atomic E-state index is 13.9. The molecule has 1 aliphatic carbocycles. The minimum Gasteiger partial charge on any atom is -1.00 e. The number of rotatable bonds is 2. The fourth-order valence-corrected chi connectivity index (χ4v) is 2.21. The van der Waals surface area contributed by atoms with Gasteiger partial charge in [-0.15, -0.1) is 0 Å². The molecule has 1 aliphatic rings. The standard InChI is InChI=1S/C13H8F3NO3.Na.H/c14-8-3-6-11(10(16)9(8)15)17(5-1-2-5)4-7(12(6)18)13(19)20;;/h3-5H,1-2H2,(H,19,20);;/q;+1;-1. The quantitative estimate of drug-likeness (QED) is 0.605. The monoisotopic (exact) mass is 307 g/mol. The third-order valence-electron chi connectivity index (χ3n) is 3.32. The molecule has 4 nitrogen and oxygen atoms in total. The fourth-order valence-electron chi connectivity index (χ4n) is 2.21. The number of aromatic nitrogens is 1. The van der Waals surface area contributed by atoms with Crippen LogP contribution < -0.4 is 35.0 Å². The molecule has 8 heteroatoms. The van der Waals surface area contributed by atoms with Gasteiger partial charge in [0.15, 0.2) is 17.5 Å². The van der Waals surface area contributed by atoms with Crippen LogP contribution in [0.4, 0.5) is 13.2 Å². The second kappa shape index (κ2) is 5.47. The Morgan fingerprint density at radius 3 is 2.43 bits per heavy atom. The van der Waals surface area contributed by atoms with Gasteiger partial charge < -0.3 is 11.1 Å². The van der Waals surface area contributed by atoms with E-state index in [0.29, 0.717) is 18.9 Å². The Hall–Kier alpha value is -1.31. The third-order valence-corrected chi connectivity index (χ3v) is 3.32. The summed E-state index contributed by atoms with van der Waals surface area (Å²) in [6.45, 7) is 0. The van der Waals surface area contributed by atoms with Crippen molar-refractivity contribution in [2.75, 3.05) is 0 Å². The molecule has 1 aromatic carbocycles. The Labute approximate surface area is 140 Å². The summed E-state index contributed by atoms with van der Waals surface area (Å²) in [7, 11) is 0. The third kappa shape index (κ3) is 2.49. The van der Waals surface area contributed by atoms with Gasteiger partial charge in [-0.2, -0.15) is 0 Å². The Morgan fingerprint density at radius 2 is 1.90 bits per heavy atom. The van der Waals surface area contributed by atoms with Crippen LogP contribution in [0.2, 0.25) is 0 Å². The summed E-state index contributed by atoms with van der Waals surface area (Å²) in [5.41, 5.74) is -2.00. The number of carboxylic acids is 1.